The van der Waals surface area contributed by atoms with Crippen LogP contribution in [0.5, 0.6) is 0 Å². The van der Waals surface area contributed by atoms with Gasteiger partial charge in [0.25, 0.3) is 10.1 Å². The number of benzene rings is 1. The molecule has 78 valence electrons. The van der Waals surface area contributed by atoms with Gasteiger partial charge in [-0.25, -0.2) is 0 Å². The highest BCUT2D eigenvalue weighted by molar-refractivity contribution is 7.86. The molecule has 0 aliphatic heterocycles. The number of rotatable bonds is 4. The summed E-state index contributed by atoms with van der Waals surface area (Å²) in [5.74, 6) is 0. The molecule has 5 heteroatoms. The smallest absolute Gasteiger partial charge is 0.297 e. The second-order valence-corrected chi connectivity index (χ2v) is 4.35. The summed E-state index contributed by atoms with van der Waals surface area (Å²) in [7, 11) is -3.71. The first-order valence-corrected chi connectivity index (χ1v) is 5.54. The van der Waals surface area contributed by atoms with Crippen molar-refractivity contribution in [3.8, 4) is 0 Å². The Morgan fingerprint density at radius 2 is 2.00 bits per heavy atom. The molecule has 14 heavy (non-hydrogen) atoms. The fourth-order valence-electron chi connectivity index (χ4n) is 1.05. The molecule has 0 spiro atoms. The molecule has 0 amide bonds. The Balaban J connectivity index is 2.99. The standard InChI is InChI=1S/C9H12O4S/c1-8-4-2-3-5-9(8)14(11,12)13-7-6-10/h2-5,10H,6-7H2,1H3. The minimum atomic E-state index is -3.71. The van der Waals surface area contributed by atoms with E-state index in [9.17, 15) is 8.42 Å². The van der Waals surface area contributed by atoms with Crippen LogP contribution in [0.4, 0.5) is 0 Å². The third kappa shape index (κ3) is 2.54. The van der Waals surface area contributed by atoms with Crippen LogP contribution < -0.4 is 0 Å². The summed E-state index contributed by atoms with van der Waals surface area (Å²) in [5, 5.41) is 8.46. The molecule has 0 aliphatic carbocycles. The van der Waals surface area contributed by atoms with Gasteiger partial charge >= 0.3 is 0 Å². The van der Waals surface area contributed by atoms with Gasteiger partial charge in [-0.1, -0.05) is 18.2 Å². The van der Waals surface area contributed by atoms with E-state index in [1.807, 2.05) is 0 Å². The minimum Gasteiger partial charge on any atom is -0.394 e. The maximum Gasteiger partial charge on any atom is 0.297 e. The number of aryl methyl sites for hydroxylation is 1. The van der Waals surface area contributed by atoms with Crippen molar-refractivity contribution in [3.63, 3.8) is 0 Å². The van der Waals surface area contributed by atoms with E-state index < -0.39 is 10.1 Å². The number of aliphatic hydroxyl groups is 1. The third-order valence-corrected chi connectivity index (χ3v) is 3.17. The maximum atomic E-state index is 11.5. The molecule has 4 nitrogen and oxygen atoms in total. The highest BCUT2D eigenvalue weighted by Gasteiger charge is 2.16. The summed E-state index contributed by atoms with van der Waals surface area (Å²) in [6.07, 6.45) is 0. The molecule has 0 unspecified atom stereocenters. The van der Waals surface area contributed by atoms with Crippen LogP contribution in [0.3, 0.4) is 0 Å². The van der Waals surface area contributed by atoms with Crippen molar-refractivity contribution >= 4 is 10.1 Å². The van der Waals surface area contributed by atoms with Gasteiger partial charge in [0, 0.05) is 0 Å². The van der Waals surface area contributed by atoms with Crippen molar-refractivity contribution in [1.82, 2.24) is 0 Å². The topological polar surface area (TPSA) is 63.6 Å². The molecule has 0 aromatic heterocycles. The molecule has 0 bridgehead atoms. The van der Waals surface area contributed by atoms with E-state index in [0.717, 1.165) is 0 Å². The van der Waals surface area contributed by atoms with E-state index in [2.05, 4.69) is 4.18 Å². The Labute approximate surface area is 83.3 Å². The van der Waals surface area contributed by atoms with Crippen molar-refractivity contribution in [1.29, 1.82) is 0 Å². The van der Waals surface area contributed by atoms with E-state index in [0.29, 0.717) is 5.56 Å². The quantitative estimate of drug-likeness (QED) is 0.752. The first-order valence-electron chi connectivity index (χ1n) is 4.14. The largest absolute Gasteiger partial charge is 0.394 e. The monoisotopic (exact) mass is 216 g/mol. The van der Waals surface area contributed by atoms with Crippen LogP contribution in [-0.4, -0.2) is 26.7 Å². The van der Waals surface area contributed by atoms with Gasteiger partial charge in [-0.2, -0.15) is 8.42 Å². The predicted molar refractivity (Wildman–Crippen MR) is 51.4 cm³/mol. The van der Waals surface area contributed by atoms with Crippen molar-refractivity contribution in [2.45, 2.75) is 11.8 Å². The Morgan fingerprint density at radius 3 is 2.57 bits per heavy atom. The molecular weight excluding hydrogens is 204 g/mol. The van der Waals surface area contributed by atoms with Crippen LogP contribution >= 0.6 is 0 Å². The summed E-state index contributed by atoms with van der Waals surface area (Å²) >= 11 is 0. The summed E-state index contributed by atoms with van der Waals surface area (Å²) in [6.45, 7) is 1.16. The second kappa shape index (κ2) is 4.54. The van der Waals surface area contributed by atoms with Crippen molar-refractivity contribution in [3.05, 3.63) is 29.8 Å². The van der Waals surface area contributed by atoms with Gasteiger partial charge in [0.05, 0.1) is 18.1 Å². The van der Waals surface area contributed by atoms with E-state index in [-0.39, 0.29) is 18.1 Å². The summed E-state index contributed by atoms with van der Waals surface area (Å²) < 4.78 is 27.5. The fourth-order valence-corrected chi connectivity index (χ4v) is 2.18. The van der Waals surface area contributed by atoms with Crippen LogP contribution in [0.2, 0.25) is 0 Å². The molecule has 0 fully saturated rings. The van der Waals surface area contributed by atoms with E-state index in [4.69, 9.17) is 5.11 Å². The van der Waals surface area contributed by atoms with Gasteiger partial charge in [-0.15, -0.1) is 0 Å². The lowest BCUT2D eigenvalue weighted by molar-refractivity contribution is 0.205. The molecule has 0 aliphatic rings. The van der Waals surface area contributed by atoms with Crippen LogP contribution in [0.15, 0.2) is 29.2 Å². The highest BCUT2D eigenvalue weighted by Crippen LogP contribution is 2.16. The second-order valence-electron chi connectivity index (χ2n) is 2.77. The number of hydrogen-bond acceptors (Lipinski definition) is 4. The van der Waals surface area contributed by atoms with E-state index >= 15 is 0 Å². The van der Waals surface area contributed by atoms with Crippen molar-refractivity contribution in [2.24, 2.45) is 0 Å². The first kappa shape index (κ1) is 11.2. The average molecular weight is 216 g/mol. The van der Waals surface area contributed by atoms with Gasteiger partial charge in [0.1, 0.15) is 0 Å². The van der Waals surface area contributed by atoms with Crippen LogP contribution in [0, 0.1) is 6.92 Å². The zero-order valence-electron chi connectivity index (χ0n) is 7.80. The fraction of sp³-hybridized carbons (Fsp3) is 0.333. The van der Waals surface area contributed by atoms with Crippen LogP contribution in [-0.2, 0) is 14.3 Å². The Bertz CT molecular complexity index is 397. The van der Waals surface area contributed by atoms with Gasteiger partial charge in [-0.3, -0.25) is 4.18 Å². The number of aliphatic hydroxyl groups excluding tert-OH is 1. The molecule has 1 aromatic carbocycles. The average Bonchev–Trinajstić information content (AvgIpc) is 2.15. The van der Waals surface area contributed by atoms with Crippen LogP contribution in [0.1, 0.15) is 5.56 Å². The van der Waals surface area contributed by atoms with E-state index in [1.165, 1.54) is 6.07 Å². The van der Waals surface area contributed by atoms with Gasteiger partial charge < -0.3 is 5.11 Å². The summed E-state index contributed by atoms with van der Waals surface area (Å²) in [6, 6.07) is 6.54. The lowest BCUT2D eigenvalue weighted by Crippen LogP contribution is -2.10. The molecule has 0 saturated heterocycles. The van der Waals surface area contributed by atoms with Gasteiger partial charge in [0.15, 0.2) is 0 Å². The Morgan fingerprint density at radius 1 is 1.36 bits per heavy atom. The summed E-state index contributed by atoms with van der Waals surface area (Å²) in [4.78, 5) is 0.147. The normalized spacial score (nSPS) is 11.6. The predicted octanol–water partition coefficient (Wildman–Crippen LogP) is 0.693. The molecule has 1 N–H and O–H groups in total. The lowest BCUT2D eigenvalue weighted by Gasteiger charge is -2.06. The van der Waals surface area contributed by atoms with Crippen LogP contribution in [0.25, 0.3) is 0 Å². The minimum absolute atomic E-state index is 0.147. The zero-order valence-corrected chi connectivity index (χ0v) is 8.62. The summed E-state index contributed by atoms with van der Waals surface area (Å²) in [5.41, 5.74) is 0.630. The van der Waals surface area contributed by atoms with Gasteiger partial charge in [0.2, 0.25) is 0 Å². The highest BCUT2D eigenvalue weighted by atomic mass is 32.2. The molecule has 0 saturated carbocycles. The molecular formula is C9H12O4S. The molecule has 0 radical (unpaired) electrons. The molecule has 0 heterocycles. The lowest BCUT2D eigenvalue weighted by atomic mass is 10.2. The molecule has 0 atom stereocenters. The van der Waals surface area contributed by atoms with Gasteiger partial charge in [-0.05, 0) is 18.6 Å². The zero-order chi connectivity index (χ0) is 10.6. The van der Waals surface area contributed by atoms with Crippen molar-refractivity contribution in [2.75, 3.05) is 13.2 Å². The maximum absolute atomic E-state index is 11.5. The third-order valence-electron chi connectivity index (χ3n) is 1.69. The van der Waals surface area contributed by atoms with Crippen molar-refractivity contribution < 1.29 is 17.7 Å². The first-order chi connectivity index (χ1) is 6.58. The molecule has 1 aromatic rings. The Kier molecular flexibility index (Phi) is 3.62. The van der Waals surface area contributed by atoms with E-state index in [1.54, 1.807) is 25.1 Å². The SMILES string of the molecule is Cc1ccccc1S(=O)(=O)OCCO. The molecule has 1 rings (SSSR count). The Hall–Kier alpha value is -0.910. The number of hydrogen-bond donors (Lipinski definition) is 1.